The van der Waals surface area contributed by atoms with Crippen molar-refractivity contribution in [2.45, 2.75) is 38.3 Å². The third-order valence-corrected chi connectivity index (χ3v) is 4.19. The van der Waals surface area contributed by atoms with Crippen LogP contribution in [0.1, 0.15) is 35.2 Å². The van der Waals surface area contributed by atoms with Gasteiger partial charge in [0.15, 0.2) is 0 Å². The summed E-state index contributed by atoms with van der Waals surface area (Å²) >= 11 is 0. The molecule has 0 bridgehead atoms. The highest BCUT2D eigenvalue weighted by atomic mass is 16.1. The Morgan fingerprint density at radius 1 is 1.37 bits per heavy atom. The number of carbonyl (C=O) groups is 1. The number of likely N-dealkylation sites (tertiary alicyclic amines) is 1. The number of hydrogen-bond acceptors (Lipinski definition) is 3. The molecule has 1 aromatic carbocycles. The van der Waals surface area contributed by atoms with E-state index in [0.717, 1.165) is 31.1 Å². The average molecular weight is 259 g/mol. The predicted octanol–water partition coefficient (Wildman–Crippen LogP) is 1.54. The van der Waals surface area contributed by atoms with Crippen molar-refractivity contribution in [3.8, 4) is 0 Å². The summed E-state index contributed by atoms with van der Waals surface area (Å²) < 4.78 is 0. The molecule has 1 amide bonds. The first-order valence-corrected chi connectivity index (χ1v) is 7.05. The van der Waals surface area contributed by atoms with E-state index in [1.165, 1.54) is 12.8 Å². The molecule has 1 aliphatic heterocycles. The number of aryl methyl sites for hydroxylation is 1. The summed E-state index contributed by atoms with van der Waals surface area (Å²) in [6, 6.07) is 6.66. The second-order valence-corrected chi connectivity index (χ2v) is 5.72. The van der Waals surface area contributed by atoms with Gasteiger partial charge in [0.05, 0.1) is 5.56 Å². The lowest BCUT2D eigenvalue weighted by Crippen LogP contribution is -2.37. The fraction of sp³-hybridized carbons (Fsp3) is 0.533. The third-order valence-electron chi connectivity index (χ3n) is 4.19. The van der Waals surface area contributed by atoms with Crippen molar-refractivity contribution in [1.29, 1.82) is 0 Å². The molecule has 1 heterocycles. The molecule has 1 saturated heterocycles. The van der Waals surface area contributed by atoms with E-state index in [1.54, 1.807) is 6.07 Å². The van der Waals surface area contributed by atoms with E-state index in [0.29, 0.717) is 11.3 Å². The van der Waals surface area contributed by atoms with Gasteiger partial charge in [-0.1, -0.05) is 12.1 Å². The second kappa shape index (κ2) is 4.85. The van der Waals surface area contributed by atoms with Crippen LogP contribution >= 0.6 is 0 Å². The fourth-order valence-corrected chi connectivity index (χ4v) is 2.82. The zero-order valence-corrected chi connectivity index (χ0v) is 11.4. The number of nitrogen functional groups attached to an aromatic ring is 1. The Morgan fingerprint density at radius 3 is 2.89 bits per heavy atom. The van der Waals surface area contributed by atoms with Gasteiger partial charge in [0.2, 0.25) is 0 Å². The first-order valence-electron chi connectivity index (χ1n) is 7.05. The van der Waals surface area contributed by atoms with E-state index in [-0.39, 0.29) is 11.9 Å². The summed E-state index contributed by atoms with van der Waals surface area (Å²) in [6.07, 6.45) is 3.70. The lowest BCUT2D eigenvalue weighted by atomic mass is 10.1. The molecule has 0 aromatic heterocycles. The molecule has 102 valence electrons. The smallest absolute Gasteiger partial charge is 0.253 e. The number of rotatable bonds is 3. The summed E-state index contributed by atoms with van der Waals surface area (Å²) in [5.41, 5.74) is 8.13. The number of anilines is 1. The van der Waals surface area contributed by atoms with Crippen LogP contribution in [0.3, 0.4) is 0 Å². The van der Waals surface area contributed by atoms with Crippen LogP contribution in [0.4, 0.5) is 5.69 Å². The van der Waals surface area contributed by atoms with Crippen molar-refractivity contribution < 1.29 is 4.79 Å². The SMILES string of the molecule is Cc1cccc(C(=O)NC2CCN(C3CC3)C2)c1N. The van der Waals surface area contributed by atoms with Gasteiger partial charge in [-0.15, -0.1) is 0 Å². The van der Waals surface area contributed by atoms with Crippen LogP contribution in [0.25, 0.3) is 0 Å². The van der Waals surface area contributed by atoms with E-state index in [4.69, 9.17) is 5.73 Å². The third kappa shape index (κ3) is 2.59. The summed E-state index contributed by atoms with van der Waals surface area (Å²) in [5.74, 6) is -0.0381. The zero-order valence-electron chi connectivity index (χ0n) is 11.4. The van der Waals surface area contributed by atoms with Gasteiger partial charge in [-0.25, -0.2) is 0 Å². The fourth-order valence-electron chi connectivity index (χ4n) is 2.82. The average Bonchev–Trinajstić information content (AvgIpc) is 3.14. The highest BCUT2D eigenvalue weighted by Crippen LogP contribution is 2.29. The second-order valence-electron chi connectivity index (χ2n) is 5.72. The summed E-state index contributed by atoms with van der Waals surface area (Å²) in [6.45, 7) is 4.03. The molecule has 4 heteroatoms. The number of nitrogens with two attached hydrogens (primary N) is 1. The standard InChI is InChI=1S/C15H21N3O/c1-10-3-2-4-13(14(10)16)15(19)17-11-7-8-18(9-11)12-5-6-12/h2-4,11-12H,5-9,16H2,1H3,(H,17,19). The van der Waals surface area contributed by atoms with Gasteiger partial charge in [-0.3, -0.25) is 9.69 Å². The maximum Gasteiger partial charge on any atom is 0.253 e. The molecule has 1 unspecified atom stereocenters. The van der Waals surface area contributed by atoms with Crippen LogP contribution in [-0.4, -0.2) is 36.0 Å². The summed E-state index contributed by atoms with van der Waals surface area (Å²) in [5, 5.41) is 3.12. The van der Waals surface area contributed by atoms with Gasteiger partial charge < -0.3 is 11.1 Å². The van der Waals surface area contributed by atoms with Gasteiger partial charge in [-0.05, 0) is 37.8 Å². The minimum Gasteiger partial charge on any atom is -0.398 e. The number of carbonyl (C=O) groups excluding carboxylic acids is 1. The molecule has 3 N–H and O–H groups in total. The van der Waals surface area contributed by atoms with Crippen LogP contribution in [0.15, 0.2) is 18.2 Å². The molecular formula is C15H21N3O. The van der Waals surface area contributed by atoms with Gasteiger partial charge >= 0.3 is 0 Å². The molecule has 2 aliphatic rings. The Morgan fingerprint density at radius 2 is 2.16 bits per heavy atom. The largest absolute Gasteiger partial charge is 0.398 e. The van der Waals surface area contributed by atoms with Crippen molar-refractivity contribution in [1.82, 2.24) is 10.2 Å². The Bertz CT molecular complexity index is 496. The Labute approximate surface area is 114 Å². The molecule has 19 heavy (non-hydrogen) atoms. The molecule has 1 aliphatic carbocycles. The topological polar surface area (TPSA) is 58.4 Å². The van der Waals surface area contributed by atoms with E-state index < -0.39 is 0 Å². The van der Waals surface area contributed by atoms with E-state index in [9.17, 15) is 4.79 Å². The minimum atomic E-state index is -0.0381. The molecule has 3 rings (SSSR count). The molecule has 1 saturated carbocycles. The number of nitrogens with one attached hydrogen (secondary N) is 1. The molecular weight excluding hydrogens is 238 g/mol. The zero-order chi connectivity index (χ0) is 13.4. The lowest BCUT2D eigenvalue weighted by Gasteiger charge is -2.16. The normalized spacial score (nSPS) is 23.5. The van der Waals surface area contributed by atoms with Gasteiger partial charge in [0.25, 0.3) is 5.91 Å². The molecule has 1 aromatic rings. The molecule has 1 atom stereocenters. The predicted molar refractivity (Wildman–Crippen MR) is 76.1 cm³/mol. The minimum absolute atomic E-state index is 0.0381. The number of nitrogens with zero attached hydrogens (tertiary/aromatic N) is 1. The van der Waals surface area contributed by atoms with Crippen LogP contribution < -0.4 is 11.1 Å². The highest BCUT2D eigenvalue weighted by Gasteiger charge is 2.34. The Hall–Kier alpha value is -1.55. The van der Waals surface area contributed by atoms with E-state index in [2.05, 4.69) is 10.2 Å². The van der Waals surface area contributed by atoms with Crippen LogP contribution in [0.5, 0.6) is 0 Å². The number of hydrogen-bond donors (Lipinski definition) is 2. The number of para-hydroxylation sites is 1. The maximum atomic E-state index is 12.3. The Kier molecular flexibility index (Phi) is 3.19. The monoisotopic (exact) mass is 259 g/mol. The van der Waals surface area contributed by atoms with Gasteiger partial charge in [-0.2, -0.15) is 0 Å². The highest BCUT2D eigenvalue weighted by molar-refractivity contribution is 5.99. The van der Waals surface area contributed by atoms with Crippen LogP contribution in [0.2, 0.25) is 0 Å². The summed E-state index contributed by atoms with van der Waals surface area (Å²) in [7, 11) is 0. The Balaban J connectivity index is 1.63. The molecule has 4 nitrogen and oxygen atoms in total. The number of benzene rings is 1. The van der Waals surface area contributed by atoms with Crippen molar-refractivity contribution in [2.24, 2.45) is 0 Å². The van der Waals surface area contributed by atoms with E-state index >= 15 is 0 Å². The quantitative estimate of drug-likeness (QED) is 0.810. The summed E-state index contributed by atoms with van der Waals surface area (Å²) in [4.78, 5) is 14.7. The molecule has 0 spiro atoms. The van der Waals surface area contributed by atoms with Crippen LogP contribution in [0, 0.1) is 6.92 Å². The number of amides is 1. The van der Waals surface area contributed by atoms with Crippen molar-refractivity contribution >= 4 is 11.6 Å². The van der Waals surface area contributed by atoms with Crippen LogP contribution in [-0.2, 0) is 0 Å². The first kappa shape index (κ1) is 12.5. The lowest BCUT2D eigenvalue weighted by molar-refractivity contribution is 0.0938. The first-order chi connectivity index (χ1) is 9.15. The van der Waals surface area contributed by atoms with Gasteiger partial charge in [0, 0.05) is 30.9 Å². The molecule has 0 radical (unpaired) electrons. The van der Waals surface area contributed by atoms with Crippen molar-refractivity contribution in [2.75, 3.05) is 18.8 Å². The maximum absolute atomic E-state index is 12.3. The van der Waals surface area contributed by atoms with Gasteiger partial charge in [0.1, 0.15) is 0 Å². The van der Waals surface area contributed by atoms with E-state index in [1.807, 2.05) is 19.1 Å². The van der Waals surface area contributed by atoms with Crippen molar-refractivity contribution in [3.63, 3.8) is 0 Å². The molecule has 2 fully saturated rings. The van der Waals surface area contributed by atoms with Crippen molar-refractivity contribution in [3.05, 3.63) is 29.3 Å².